The summed E-state index contributed by atoms with van der Waals surface area (Å²) < 4.78 is 48.2. The van der Waals surface area contributed by atoms with E-state index in [1.54, 1.807) is 33.0 Å². The van der Waals surface area contributed by atoms with Gasteiger partial charge in [-0.05, 0) is 75.8 Å². The highest BCUT2D eigenvalue weighted by Gasteiger charge is 2.37. The fourth-order valence-corrected chi connectivity index (χ4v) is 6.64. The zero-order valence-electron chi connectivity index (χ0n) is 22.6. The van der Waals surface area contributed by atoms with Crippen molar-refractivity contribution in [2.75, 3.05) is 31.1 Å². The Morgan fingerprint density at radius 1 is 0.949 bits per heavy atom. The van der Waals surface area contributed by atoms with E-state index in [-0.39, 0.29) is 11.9 Å². The van der Waals surface area contributed by atoms with Gasteiger partial charge in [-0.25, -0.2) is 12.8 Å². The fraction of sp³-hybridized carbons (Fsp3) is 0.448. The molecule has 3 aromatic rings. The molecule has 0 atom stereocenters. The van der Waals surface area contributed by atoms with Crippen molar-refractivity contribution in [1.29, 1.82) is 0 Å². The number of hydrogen-bond donors (Lipinski definition) is 0. The maximum Gasteiger partial charge on any atom is 0.316 e. The number of halogens is 1. The molecule has 2 aliphatic rings. The molecule has 0 amide bonds. The first-order valence-electron chi connectivity index (χ1n) is 13.4. The normalized spacial score (nSPS) is 17.5. The van der Waals surface area contributed by atoms with Gasteiger partial charge in [0.05, 0.1) is 22.7 Å². The largest absolute Gasteiger partial charge is 0.483 e. The van der Waals surface area contributed by atoms with Gasteiger partial charge in [-0.15, -0.1) is 0 Å². The smallest absolute Gasteiger partial charge is 0.316 e. The zero-order valence-corrected chi connectivity index (χ0v) is 23.5. The molecule has 39 heavy (non-hydrogen) atoms. The van der Waals surface area contributed by atoms with Gasteiger partial charge in [-0.2, -0.15) is 14.1 Å². The second-order valence-corrected chi connectivity index (χ2v) is 13.8. The molecule has 1 saturated heterocycles. The van der Waals surface area contributed by atoms with Gasteiger partial charge in [-0.3, -0.25) is 4.79 Å². The maximum absolute atomic E-state index is 14.0. The Hall–Kier alpha value is -3.24. The average molecular weight is 555 g/mol. The number of aromatic nitrogens is 2. The van der Waals surface area contributed by atoms with Gasteiger partial charge in [0, 0.05) is 26.2 Å². The molecule has 0 bridgehead atoms. The van der Waals surface area contributed by atoms with Crippen LogP contribution in [0.15, 0.2) is 59.5 Å². The molecule has 1 aliphatic heterocycles. The summed E-state index contributed by atoms with van der Waals surface area (Å²) >= 11 is 0. The Bertz CT molecular complexity index is 1480. The van der Waals surface area contributed by atoms with Crippen LogP contribution < -0.4 is 15.2 Å². The zero-order chi connectivity index (χ0) is 27.8. The van der Waals surface area contributed by atoms with E-state index < -0.39 is 26.1 Å². The van der Waals surface area contributed by atoms with Crippen LogP contribution in [-0.4, -0.2) is 59.5 Å². The van der Waals surface area contributed by atoms with Gasteiger partial charge in [0.15, 0.2) is 0 Å². The Balaban J connectivity index is 1.45. The summed E-state index contributed by atoms with van der Waals surface area (Å²) in [5.41, 5.74) is 2.97. The molecule has 1 fully saturated rings. The van der Waals surface area contributed by atoms with Gasteiger partial charge in [0.1, 0.15) is 11.5 Å². The van der Waals surface area contributed by atoms with Crippen LogP contribution in [0.25, 0.3) is 5.69 Å². The molecule has 1 aliphatic carbocycles. The van der Waals surface area contributed by atoms with E-state index >= 15 is 0 Å². The number of benzene rings is 2. The minimum Gasteiger partial charge on any atom is -0.483 e. The third-order valence-corrected chi connectivity index (χ3v) is 10.1. The summed E-state index contributed by atoms with van der Waals surface area (Å²) in [5.74, 6) is -0.303. The van der Waals surface area contributed by atoms with Crippen molar-refractivity contribution in [3.8, 4) is 11.4 Å². The fourth-order valence-electron chi connectivity index (χ4n) is 5.22. The minimum atomic E-state index is -3.46. The third-order valence-electron chi connectivity index (χ3n) is 7.53. The van der Waals surface area contributed by atoms with Crippen molar-refractivity contribution >= 4 is 15.7 Å². The second kappa shape index (κ2) is 10.7. The number of nitrogens with zero attached hydrogens (tertiary/aromatic N) is 4. The highest BCUT2D eigenvalue weighted by atomic mass is 32.2. The summed E-state index contributed by atoms with van der Waals surface area (Å²) in [5, 5.41) is 4.36. The summed E-state index contributed by atoms with van der Waals surface area (Å²) in [6.07, 6.45) is 4.60. The van der Waals surface area contributed by atoms with Gasteiger partial charge >= 0.3 is 5.56 Å². The Kier molecular flexibility index (Phi) is 7.52. The molecular weight excluding hydrogens is 519 g/mol. The SMILES string of the molecule is CC(C)(C)S(=O)(=O)N1CCN(c2cnn(-c3cccc(F)c3)c(=O)c2OC2CCc3ccccc3CC2)CC1. The molecule has 0 saturated carbocycles. The van der Waals surface area contributed by atoms with Crippen LogP contribution in [-0.2, 0) is 22.9 Å². The van der Waals surface area contributed by atoms with Crippen molar-refractivity contribution < 1.29 is 17.5 Å². The predicted molar refractivity (Wildman–Crippen MR) is 150 cm³/mol. The molecule has 10 heteroatoms. The Labute approximate surface area is 229 Å². The van der Waals surface area contributed by atoms with E-state index in [0.29, 0.717) is 37.6 Å². The quantitative estimate of drug-likeness (QED) is 0.444. The Morgan fingerprint density at radius 3 is 2.18 bits per heavy atom. The summed E-state index contributed by atoms with van der Waals surface area (Å²) in [7, 11) is -3.46. The van der Waals surface area contributed by atoms with Crippen molar-refractivity contribution in [2.45, 2.75) is 57.3 Å². The maximum atomic E-state index is 14.0. The summed E-state index contributed by atoms with van der Waals surface area (Å²) in [6, 6.07) is 14.1. The average Bonchev–Trinajstić information content (AvgIpc) is 3.11. The second-order valence-electron chi connectivity index (χ2n) is 11.1. The summed E-state index contributed by atoms with van der Waals surface area (Å²) in [4.78, 5) is 15.8. The van der Waals surface area contributed by atoms with Gasteiger partial charge in [0.25, 0.3) is 0 Å². The monoisotopic (exact) mass is 554 g/mol. The predicted octanol–water partition coefficient (Wildman–Crippen LogP) is 3.95. The van der Waals surface area contributed by atoms with E-state index in [2.05, 4.69) is 17.2 Å². The third kappa shape index (κ3) is 5.58. The van der Waals surface area contributed by atoms with E-state index in [0.717, 1.165) is 30.4 Å². The molecule has 8 nitrogen and oxygen atoms in total. The van der Waals surface area contributed by atoms with Crippen LogP contribution in [0.1, 0.15) is 44.7 Å². The van der Waals surface area contributed by atoms with Crippen molar-refractivity contribution in [1.82, 2.24) is 14.1 Å². The molecular formula is C29H35FN4O4S. The van der Waals surface area contributed by atoms with Crippen LogP contribution >= 0.6 is 0 Å². The van der Waals surface area contributed by atoms with Crippen LogP contribution in [0.2, 0.25) is 0 Å². The Morgan fingerprint density at radius 2 is 1.59 bits per heavy atom. The van der Waals surface area contributed by atoms with Gasteiger partial charge < -0.3 is 9.64 Å². The van der Waals surface area contributed by atoms with Gasteiger partial charge in [0.2, 0.25) is 15.8 Å². The number of ether oxygens (including phenoxy) is 1. The molecule has 0 unspecified atom stereocenters. The van der Waals surface area contributed by atoms with Crippen LogP contribution in [0, 0.1) is 5.82 Å². The van der Waals surface area contributed by atoms with Crippen molar-refractivity contribution in [3.05, 3.63) is 82.0 Å². The number of anilines is 1. The van der Waals surface area contributed by atoms with E-state index in [1.807, 2.05) is 17.0 Å². The van der Waals surface area contributed by atoms with Crippen molar-refractivity contribution in [2.24, 2.45) is 0 Å². The van der Waals surface area contributed by atoms with Crippen molar-refractivity contribution in [3.63, 3.8) is 0 Å². The number of fused-ring (bicyclic) bond motifs is 1. The molecule has 2 heterocycles. The van der Waals surface area contributed by atoms with Crippen LogP contribution in [0.5, 0.6) is 5.75 Å². The van der Waals surface area contributed by atoms with E-state index in [9.17, 15) is 17.6 Å². The molecule has 0 spiro atoms. The molecule has 208 valence electrons. The first kappa shape index (κ1) is 27.3. The first-order chi connectivity index (χ1) is 18.5. The lowest BCUT2D eigenvalue weighted by atomic mass is 10.0. The lowest BCUT2D eigenvalue weighted by molar-refractivity contribution is 0.181. The molecule has 2 aromatic carbocycles. The molecule has 0 radical (unpaired) electrons. The summed E-state index contributed by atoms with van der Waals surface area (Å²) in [6.45, 7) is 6.47. The highest BCUT2D eigenvalue weighted by molar-refractivity contribution is 7.90. The molecule has 5 rings (SSSR count). The number of piperazine rings is 1. The number of rotatable bonds is 5. The number of hydrogen-bond acceptors (Lipinski definition) is 6. The minimum absolute atomic E-state index is 0.164. The number of sulfonamides is 1. The lowest BCUT2D eigenvalue weighted by Crippen LogP contribution is -2.53. The number of aryl methyl sites for hydroxylation is 2. The molecule has 0 N–H and O–H groups in total. The topological polar surface area (TPSA) is 84.7 Å². The molecule has 1 aromatic heterocycles. The van der Waals surface area contributed by atoms with E-state index in [1.165, 1.54) is 33.6 Å². The highest BCUT2D eigenvalue weighted by Crippen LogP contribution is 2.31. The first-order valence-corrected chi connectivity index (χ1v) is 14.8. The van der Waals surface area contributed by atoms with Crippen LogP contribution in [0.4, 0.5) is 10.1 Å². The van der Waals surface area contributed by atoms with E-state index in [4.69, 9.17) is 4.74 Å². The standard InChI is InChI=1S/C29H35FN4O4S/c1-29(2,3)39(36,37)33-17-15-32(16-18-33)26-20-31-34(24-10-6-9-23(30)19-24)28(35)27(26)38-25-13-11-21-7-4-5-8-22(21)12-14-25/h4-10,19-20,25H,11-18H2,1-3H3. The van der Waals surface area contributed by atoms with Gasteiger partial charge in [-0.1, -0.05) is 30.3 Å². The lowest BCUT2D eigenvalue weighted by Gasteiger charge is -2.38. The van der Waals surface area contributed by atoms with Crippen LogP contribution in [0.3, 0.4) is 0 Å².